The van der Waals surface area contributed by atoms with Crippen LogP contribution in [0.25, 0.3) is 5.57 Å². The Bertz CT molecular complexity index is 1070. The number of Topliss-reactive ketones (excluding diaryl/α,β-unsaturated/α-hetero) is 1. The van der Waals surface area contributed by atoms with Gasteiger partial charge in [0.05, 0.1) is 29.3 Å². The minimum atomic E-state index is -3.45. The summed E-state index contributed by atoms with van der Waals surface area (Å²) in [6.45, 7) is 0.0709. The summed E-state index contributed by atoms with van der Waals surface area (Å²) in [5.41, 5.74) is -2.38. The zero-order valence-electron chi connectivity index (χ0n) is 15.1. The van der Waals surface area contributed by atoms with Crippen molar-refractivity contribution in [2.75, 3.05) is 13.7 Å². The molecule has 2 heterocycles. The number of esters is 1. The average Bonchev–Trinajstić information content (AvgIpc) is 3.19. The number of hydrogen-bond donors (Lipinski definition) is 0. The lowest BCUT2D eigenvalue weighted by molar-refractivity contribution is 0.0596. The van der Waals surface area contributed by atoms with E-state index in [1.54, 1.807) is 0 Å². The third kappa shape index (κ3) is 3.87. The number of ether oxygens (including phenoxy) is 2. The van der Waals surface area contributed by atoms with Gasteiger partial charge in [-0.1, -0.05) is 23.2 Å². The second-order valence-electron chi connectivity index (χ2n) is 6.03. The Labute approximate surface area is 177 Å². The summed E-state index contributed by atoms with van der Waals surface area (Å²) in [6, 6.07) is 1.47. The molecule has 11 heteroatoms. The first-order chi connectivity index (χ1) is 14.2. The van der Waals surface area contributed by atoms with Gasteiger partial charge >= 0.3 is 5.97 Å². The number of allylic oxidation sites excluding steroid dienone is 2. The van der Waals surface area contributed by atoms with Gasteiger partial charge < -0.3 is 9.47 Å². The molecule has 0 N–H and O–H groups in total. The van der Waals surface area contributed by atoms with Gasteiger partial charge in [-0.3, -0.25) is 9.78 Å². The topological polar surface area (TPSA) is 65.5 Å². The van der Waals surface area contributed by atoms with E-state index in [9.17, 15) is 27.2 Å². The minimum absolute atomic E-state index is 0.0283. The molecule has 2 aromatic rings. The quantitative estimate of drug-likeness (QED) is 0.203. The van der Waals surface area contributed by atoms with Crippen molar-refractivity contribution in [3.05, 3.63) is 62.4 Å². The van der Waals surface area contributed by atoms with Crippen molar-refractivity contribution >= 4 is 40.5 Å². The van der Waals surface area contributed by atoms with Crippen molar-refractivity contribution in [2.24, 2.45) is 0 Å². The van der Waals surface area contributed by atoms with Gasteiger partial charge in [0.25, 0.3) is 6.43 Å². The van der Waals surface area contributed by atoms with Crippen LogP contribution in [0.15, 0.2) is 24.2 Å². The van der Waals surface area contributed by atoms with Crippen LogP contribution in [-0.2, 0) is 11.2 Å². The number of benzene rings is 1. The predicted molar refractivity (Wildman–Crippen MR) is 99.6 cm³/mol. The molecular formula is C19H11Cl2F4NO4. The molecule has 0 fully saturated rings. The molecule has 158 valence electrons. The summed E-state index contributed by atoms with van der Waals surface area (Å²) in [6.07, 6.45) is -2.42. The number of alkyl halides is 2. The number of fused-ring (bicyclic) bond motifs is 1. The highest BCUT2D eigenvalue weighted by Crippen LogP contribution is 2.36. The van der Waals surface area contributed by atoms with E-state index in [4.69, 9.17) is 27.9 Å². The summed E-state index contributed by atoms with van der Waals surface area (Å²) < 4.78 is 65.7. The molecule has 0 bridgehead atoms. The van der Waals surface area contributed by atoms with Gasteiger partial charge in [0.2, 0.25) is 5.78 Å². The number of carbonyl (C=O) groups excluding carboxylic acids is 2. The molecule has 1 aromatic carbocycles. The van der Waals surface area contributed by atoms with Crippen molar-refractivity contribution in [1.82, 2.24) is 4.98 Å². The van der Waals surface area contributed by atoms with Gasteiger partial charge in [-0.2, -0.15) is 0 Å². The number of ketones is 1. The molecule has 5 nitrogen and oxygen atoms in total. The summed E-state index contributed by atoms with van der Waals surface area (Å²) in [5, 5.41) is -1.24. The Hall–Kier alpha value is -2.65. The van der Waals surface area contributed by atoms with Crippen LogP contribution in [0.2, 0.25) is 10.0 Å². The molecule has 0 saturated carbocycles. The first-order valence-corrected chi connectivity index (χ1v) is 9.03. The fourth-order valence-electron chi connectivity index (χ4n) is 2.92. The largest absolute Gasteiger partial charge is 0.492 e. The molecule has 0 amide bonds. The van der Waals surface area contributed by atoms with Gasteiger partial charge in [0.15, 0.2) is 11.6 Å². The second-order valence-corrected chi connectivity index (χ2v) is 6.84. The minimum Gasteiger partial charge on any atom is -0.492 e. The molecule has 1 aliphatic rings. The lowest BCUT2D eigenvalue weighted by Crippen LogP contribution is -2.13. The Kier molecular flexibility index (Phi) is 6.33. The molecule has 30 heavy (non-hydrogen) atoms. The van der Waals surface area contributed by atoms with Crippen LogP contribution in [0.1, 0.15) is 32.0 Å². The second kappa shape index (κ2) is 8.61. The van der Waals surface area contributed by atoms with Crippen LogP contribution in [0.5, 0.6) is 5.75 Å². The zero-order valence-corrected chi connectivity index (χ0v) is 16.6. The van der Waals surface area contributed by atoms with Crippen molar-refractivity contribution in [1.29, 1.82) is 0 Å². The van der Waals surface area contributed by atoms with E-state index in [1.165, 1.54) is 0 Å². The van der Waals surface area contributed by atoms with E-state index in [-0.39, 0.29) is 29.9 Å². The van der Waals surface area contributed by atoms with Crippen molar-refractivity contribution in [3.63, 3.8) is 0 Å². The van der Waals surface area contributed by atoms with E-state index in [1.807, 2.05) is 0 Å². The smallest absolute Gasteiger partial charge is 0.343 e. The first-order valence-electron chi connectivity index (χ1n) is 8.27. The number of nitrogens with zero attached hydrogens (tertiary/aromatic N) is 1. The summed E-state index contributed by atoms with van der Waals surface area (Å²) in [7, 11) is 1.12. The molecule has 0 atom stereocenters. The highest BCUT2D eigenvalue weighted by Gasteiger charge is 2.32. The van der Waals surface area contributed by atoms with Crippen LogP contribution in [0.4, 0.5) is 17.6 Å². The Morgan fingerprint density at radius 2 is 1.87 bits per heavy atom. The van der Waals surface area contributed by atoms with Gasteiger partial charge in [-0.05, 0) is 17.7 Å². The fraction of sp³-hybridized carbons (Fsp3) is 0.211. The molecule has 0 saturated heterocycles. The maximum atomic E-state index is 14.9. The first kappa shape index (κ1) is 22.0. The molecule has 0 unspecified atom stereocenters. The van der Waals surface area contributed by atoms with Crippen LogP contribution in [-0.4, -0.2) is 36.9 Å². The summed E-state index contributed by atoms with van der Waals surface area (Å²) in [5.74, 6) is -5.17. The monoisotopic (exact) mass is 463 g/mol. The lowest BCUT2D eigenvalue weighted by atomic mass is 9.99. The van der Waals surface area contributed by atoms with Gasteiger partial charge in [0.1, 0.15) is 17.0 Å². The Morgan fingerprint density at radius 1 is 1.23 bits per heavy atom. The third-order valence-corrected chi connectivity index (χ3v) is 4.85. The number of hydrogen-bond acceptors (Lipinski definition) is 5. The Balaban J connectivity index is 2.14. The number of aromatic nitrogens is 1. The molecule has 0 spiro atoms. The molecule has 0 radical (unpaired) electrons. The molecule has 1 aromatic heterocycles. The number of halogens is 6. The standard InChI is InChI=1S/C19H11Cl2F4NO4/c1-29-19(28)9-6-26-15(8-2-3-30-17(8)9)16(27)14(23)12(18(24)25)7-4-10(20)13(22)11(21)5-7/h4-6,18H,2-3H2,1H3/b14-12-. The van der Waals surface area contributed by atoms with E-state index in [0.29, 0.717) is 0 Å². The SMILES string of the molecule is COC(=O)c1cnc(C(=O)/C(F)=C(\c2cc(Cl)c(F)c(Cl)c2)C(F)F)c2c1OCC2. The van der Waals surface area contributed by atoms with Crippen molar-refractivity contribution in [2.45, 2.75) is 12.8 Å². The Morgan fingerprint density at radius 3 is 2.43 bits per heavy atom. The third-order valence-electron chi connectivity index (χ3n) is 4.30. The predicted octanol–water partition coefficient (Wildman–Crippen LogP) is 5.08. The van der Waals surface area contributed by atoms with E-state index in [2.05, 4.69) is 9.72 Å². The zero-order chi connectivity index (χ0) is 22.2. The molecule has 3 rings (SSSR count). The normalized spacial score (nSPS) is 13.6. The molecular weight excluding hydrogens is 453 g/mol. The van der Waals surface area contributed by atoms with Gasteiger partial charge in [0, 0.05) is 18.2 Å². The van der Waals surface area contributed by atoms with Crippen LogP contribution in [0.3, 0.4) is 0 Å². The number of pyridine rings is 1. The highest BCUT2D eigenvalue weighted by molar-refractivity contribution is 6.35. The van der Waals surface area contributed by atoms with E-state index in [0.717, 1.165) is 25.4 Å². The number of methoxy groups -OCH3 is 1. The highest BCUT2D eigenvalue weighted by atomic mass is 35.5. The van der Waals surface area contributed by atoms with E-state index < -0.39 is 56.7 Å². The fourth-order valence-corrected chi connectivity index (χ4v) is 3.41. The number of rotatable bonds is 5. The average molecular weight is 464 g/mol. The summed E-state index contributed by atoms with van der Waals surface area (Å²) >= 11 is 11.2. The van der Waals surface area contributed by atoms with Crippen LogP contribution in [0, 0.1) is 5.82 Å². The molecule has 1 aliphatic heterocycles. The molecule has 0 aliphatic carbocycles. The van der Waals surface area contributed by atoms with E-state index >= 15 is 0 Å². The maximum Gasteiger partial charge on any atom is 0.343 e. The summed E-state index contributed by atoms with van der Waals surface area (Å²) in [4.78, 5) is 28.2. The van der Waals surface area contributed by atoms with Crippen LogP contribution >= 0.6 is 23.2 Å². The van der Waals surface area contributed by atoms with Crippen molar-refractivity contribution < 1.29 is 36.6 Å². The number of carbonyl (C=O) groups is 2. The van der Waals surface area contributed by atoms with Gasteiger partial charge in [-0.25, -0.2) is 22.4 Å². The maximum absolute atomic E-state index is 14.9. The van der Waals surface area contributed by atoms with Gasteiger partial charge in [-0.15, -0.1) is 0 Å². The van der Waals surface area contributed by atoms with Crippen LogP contribution < -0.4 is 4.74 Å². The lowest BCUT2D eigenvalue weighted by Gasteiger charge is -2.12. The van der Waals surface area contributed by atoms with Crippen molar-refractivity contribution in [3.8, 4) is 5.75 Å².